The second-order valence-electron chi connectivity index (χ2n) is 16.9. The van der Waals surface area contributed by atoms with Crippen molar-refractivity contribution in [3.8, 4) is 22.3 Å². The smallest absolute Gasteiger partial charge is 0.410 e. The molecule has 0 radical (unpaired) electrons. The van der Waals surface area contributed by atoms with E-state index in [2.05, 4.69) is 46.1 Å². The average Bonchev–Trinajstić information content (AvgIpc) is 3.83. The molecule has 0 aliphatic carbocycles. The molecule has 8 heterocycles. The first-order valence-electron chi connectivity index (χ1n) is 19.5. The van der Waals surface area contributed by atoms with Gasteiger partial charge in [0.25, 0.3) is 0 Å². The molecular weight excluding hydrogens is 820 g/mol. The molecule has 2 aliphatic rings. The van der Waals surface area contributed by atoms with Crippen molar-refractivity contribution < 1.29 is 29.3 Å². The number of piperidine rings is 2. The highest BCUT2D eigenvalue weighted by Crippen LogP contribution is 2.35. The Morgan fingerprint density at radius 3 is 1.53 bits per heavy atom. The summed E-state index contributed by atoms with van der Waals surface area (Å²) in [6.07, 6.45) is 15.2. The maximum absolute atomic E-state index is 12.2. The van der Waals surface area contributed by atoms with Crippen molar-refractivity contribution in [2.75, 3.05) is 26.2 Å². The van der Waals surface area contributed by atoms with Gasteiger partial charge in [0.2, 0.25) is 0 Å². The monoisotopic (exact) mass is 868 g/mol. The number of hydrogen-bond donors (Lipinski definition) is 2. The molecule has 8 rings (SSSR count). The normalized spacial score (nSPS) is 16.7. The van der Waals surface area contributed by atoms with E-state index in [-0.39, 0.29) is 12.2 Å². The Hall–Kier alpha value is -5.52. The molecule has 16 nitrogen and oxygen atoms in total. The Balaban J connectivity index is 0.000000179. The highest BCUT2D eigenvalue weighted by Gasteiger charge is 2.39. The molecule has 59 heavy (non-hydrogen) atoms. The zero-order chi connectivity index (χ0) is 42.2. The molecule has 2 saturated heterocycles. The largest absolute Gasteiger partial charge is 0.444 e. The second kappa shape index (κ2) is 16.3. The zero-order valence-corrected chi connectivity index (χ0v) is 35.6. The minimum Gasteiger partial charge on any atom is -0.444 e. The number of carbonyl (C=O) groups excluding carboxylic acids is 2. The summed E-state index contributed by atoms with van der Waals surface area (Å²) in [6.45, 7) is 12.7. The molecule has 310 valence electrons. The maximum atomic E-state index is 12.2. The van der Waals surface area contributed by atoms with Crippen LogP contribution in [0.4, 0.5) is 9.59 Å². The van der Waals surface area contributed by atoms with Gasteiger partial charge in [-0.05, 0) is 95.3 Å². The highest BCUT2D eigenvalue weighted by molar-refractivity contribution is 9.10. The van der Waals surface area contributed by atoms with E-state index in [9.17, 15) is 19.8 Å². The first-order valence-corrected chi connectivity index (χ1v) is 20.3. The molecule has 17 heteroatoms. The number of aliphatic hydroxyl groups is 2. The predicted molar refractivity (Wildman–Crippen MR) is 222 cm³/mol. The van der Waals surface area contributed by atoms with E-state index in [0.717, 1.165) is 38.0 Å². The molecule has 0 spiro atoms. The maximum Gasteiger partial charge on any atom is 0.410 e. The standard InChI is InChI=1S/C21H24BrN5O3.C21H25N5O3/c1-20(2,3)30-19(28)26-8-6-21(29,7-9-26)17-5-4-14(10-23-17)15-11-24-18-16(22)12-25-27(18)13-15;1-20(2,3)29-19(27)25-10-7-21(28,8-11-25)17-5-4-15(12-22-17)16-13-23-18-6-9-24-26(18)14-16/h4-5,10-13,29H,6-9H2,1-3H3;4-6,9,12-14,28H,7-8,10-11H2,1-3H3. The summed E-state index contributed by atoms with van der Waals surface area (Å²) in [6, 6.07) is 9.35. The Morgan fingerprint density at radius 1 is 0.610 bits per heavy atom. The number of halogens is 1. The van der Waals surface area contributed by atoms with E-state index < -0.39 is 22.4 Å². The van der Waals surface area contributed by atoms with Crippen LogP contribution >= 0.6 is 15.9 Å². The van der Waals surface area contributed by atoms with Gasteiger partial charge in [0.05, 0.1) is 28.3 Å². The van der Waals surface area contributed by atoms with Gasteiger partial charge in [-0.2, -0.15) is 10.2 Å². The van der Waals surface area contributed by atoms with Crippen LogP contribution in [0.5, 0.6) is 0 Å². The molecule has 0 saturated carbocycles. The summed E-state index contributed by atoms with van der Waals surface area (Å²) < 4.78 is 15.1. The summed E-state index contributed by atoms with van der Waals surface area (Å²) in [5.74, 6) is 0. The van der Waals surface area contributed by atoms with Gasteiger partial charge in [-0.25, -0.2) is 28.6 Å². The first-order chi connectivity index (χ1) is 27.9. The fourth-order valence-corrected chi connectivity index (χ4v) is 7.29. The third-order valence-electron chi connectivity index (χ3n) is 10.2. The van der Waals surface area contributed by atoms with Crippen LogP contribution in [0.15, 0.2) is 84.4 Å². The number of ether oxygens (including phenoxy) is 2. The molecule has 0 atom stereocenters. The summed E-state index contributed by atoms with van der Waals surface area (Å²) in [7, 11) is 0. The van der Waals surface area contributed by atoms with Crippen LogP contribution in [0.25, 0.3) is 33.5 Å². The number of rotatable bonds is 4. The minimum absolute atomic E-state index is 0.343. The summed E-state index contributed by atoms with van der Waals surface area (Å²) in [5.41, 5.74) is 3.11. The van der Waals surface area contributed by atoms with Crippen LogP contribution in [0.1, 0.15) is 78.6 Å². The van der Waals surface area contributed by atoms with Gasteiger partial charge in [0, 0.05) is 91.7 Å². The van der Waals surface area contributed by atoms with Gasteiger partial charge in [-0.1, -0.05) is 12.1 Å². The zero-order valence-electron chi connectivity index (χ0n) is 34.0. The van der Waals surface area contributed by atoms with Gasteiger partial charge in [-0.3, -0.25) is 9.97 Å². The lowest BCUT2D eigenvalue weighted by Gasteiger charge is -2.38. The quantitative estimate of drug-likeness (QED) is 0.190. The molecule has 2 amide bonds. The Morgan fingerprint density at radius 2 is 1.07 bits per heavy atom. The van der Waals surface area contributed by atoms with E-state index >= 15 is 0 Å². The Labute approximate surface area is 350 Å². The molecule has 0 unspecified atom stereocenters. The molecule has 2 N–H and O–H groups in total. The number of fused-ring (bicyclic) bond motifs is 2. The van der Waals surface area contributed by atoms with Crippen molar-refractivity contribution in [1.82, 2.24) is 49.0 Å². The number of hydrogen-bond acceptors (Lipinski definition) is 12. The highest BCUT2D eigenvalue weighted by atomic mass is 79.9. The predicted octanol–water partition coefficient (Wildman–Crippen LogP) is 6.78. The minimum atomic E-state index is -1.06. The third kappa shape index (κ3) is 9.69. The number of pyridine rings is 2. The number of likely N-dealkylation sites (tertiary alicyclic amines) is 2. The summed E-state index contributed by atoms with van der Waals surface area (Å²) in [4.78, 5) is 45.6. The fourth-order valence-electron chi connectivity index (χ4n) is 6.92. The van der Waals surface area contributed by atoms with Crippen molar-refractivity contribution in [2.24, 2.45) is 0 Å². The van der Waals surface area contributed by atoms with Gasteiger partial charge in [0.1, 0.15) is 22.4 Å². The van der Waals surface area contributed by atoms with E-state index in [1.54, 1.807) is 56.0 Å². The van der Waals surface area contributed by atoms with Crippen LogP contribution in [0, 0.1) is 0 Å². The topological polar surface area (TPSA) is 186 Å². The average molecular weight is 870 g/mol. The molecule has 2 aliphatic heterocycles. The fraction of sp³-hybridized carbons (Fsp3) is 0.429. The van der Waals surface area contributed by atoms with Crippen molar-refractivity contribution in [1.29, 1.82) is 0 Å². The Bertz CT molecular complexity index is 2420. The Kier molecular flexibility index (Phi) is 11.5. The number of amides is 2. The van der Waals surface area contributed by atoms with Gasteiger partial charge in [-0.15, -0.1) is 0 Å². The van der Waals surface area contributed by atoms with Crippen molar-refractivity contribution >= 4 is 39.4 Å². The number of nitrogens with zero attached hydrogens (tertiary/aromatic N) is 10. The van der Waals surface area contributed by atoms with E-state index in [0.29, 0.717) is 63.3 Å². The summed E-state index contributed by atoms with van der Waals surface area (Å²) >= 11 is 3.42. The molecular formula is C42H49BrN10O6. The molecule has 6 aromatic heterocycles. The lowest BCUT2D eigenvalue weighted by molar-refractivity contribution is -0.0390. The van der Waals surface area contributed by atoms with Gasteiger partial charge < -0.3 is 29.5 Å². The molecule has 0 bridgehead atoms. The number of carbonyl (C=O) groups is 2. The first kappa shape index (κ1) is 41.6. The molecule has 6 aromatic rings. The van der Waals surface area contributed by atoms with Gasteiger partial charge >= 0.3 is 12.2 Å². The lowest BCUT2D eigenvalue weighted by Crippen LogP contribution is -2.47. The van der Waals surface area contributed by atoms with E-state index in [1.807, 2.05) is 84.3 Å². The summed E-state index contributed by atoms with van der Waals surface area (Å²) in [5, 5.41) is 30.6. The third-order valence-corrected chi connectivity index (χ3v) is 10.8. The molecule has 2 fully saturated rings. The van der Waals surface area contributed by atoms with Gasteiger partial charge in [0.15, 0.2) is 11.3 Å². The molecule has 0 aromatic carbocycles. The lowest BCUT2D eigenvalue weighted by atomic mass is 9.87. The van der Waals surface area contributed by atoms with E-state index in [4.69, 9.17) is 9.47 Å². The SMILES string of the molecule is CC(C)(C)OC(=O)N1CCC(O)(c2ccc(-c3cnc4c(Br)cnn4c3)cn2)CC1.CC(C)(C)OC(=O)N1CCC(O)(c2ccc(-c3cnc4ccnn4c3)cn2)CC1. The van der Waals surface area contributed by atoms with Crippen molar-refractivity contribution in [3.63, 3.8) is 0 Å². The second-order valence-corrected chi connectivity index (χ2v) is 17.8. The van der Waals surface area contributed by atoms with Crippen molar-refractivity contribution in [3.05, 3.63) is 95.8 Å². The van der Waals surface area contributed by atoms with Crippen LogP contribution in [0.3, 0.4) is 0 Å². The van der Waals surface area contributed by atoms with Crippen LogP contribution < -0.4 is 0 Å². The van der Waals surface area contributed by atoms with Crippen molar-refractivity contribution in [2.45, 2.75) is 89.6 Å². The van der Waals surface area contributed by atoms with Crippen LogP contribution in [0.2, 0.25) is 0 Å². The number of aromatic nitrogens is 8. The van der Waals surface area contributed by atoms with Crippen LogP contribution in [-0.2, 0) is 20.7 Å². The van der Waals surface area contributed by atoms with E-state index in [1.165, 1.54) is 0 Å². The van der Waals surface area contributed by atoms with Crippen LogP contribution in [-0.4, -0.2) is 109 Å².